The van der Waals surface area contributed by atoms with Crippen LogP contribution in [0.25, 0.3) is 0 Å². The van der Waals surface area contributed by atoms with Crippen molar-refractivity contribution in [2.75, 3.05) is 6.54 Å². The van der Waals surface area contributed by atoms with E-state index < -0.39 is 24.3 Å². The fourth-order valence-electron chi connectivity index (χ4n) is 2.12. The number of urea groups is 1. The fraction of sp³-hybridized carbons (Fsp3) is 0.833. The highest BCUT2D eigenvalue weighted by molar-refractivity contribution is 5.74. The van der Waals surface area contributed by atoms with Crippen LogP contribution in [0.1, 0.15) is 39.0 Å². The number of carbonyl (C=O) groups is 2. The van der Waals surface area contributed by atoms with Crippen LogP contribution in [0, 0.1) is 5.92 Å². The van der Waals surface area contributed by atoms with Gasteiger partial charge in [0.05, 0.1) is 5.92 Å². The van der Waals surface area contributed by atoms with Gasteiger partial charge < -0.3 is 15.7 Å². The molecule has 5 nitrogen and oxygen atoms in total. The summed E-state index contributed by atoms with van der Waals surface area (Å²) >= 11 is 0. The zero-order valence-corrected chi connectivity index (χ0v) is 10.9. The lowest BCUT2D eigenvalue weighted by molar-refractivity contribution is -0.142. The number of amides is 2. The monoisotopic (exact) mass is 278 g/mol. The van der Waals surface area contributed by atoms with Crippen molar-refractivity contribution in [2.24, 2.45) is 5.92 Å². The van der Waals surface area contributed by atoms with Crippen LogP contribution in [-0.2, 0) is 4.79 Å². The average molecular weight is 278 g/mol. The number of halogens is 2. The maximum Gasteiger partial charge on any atom is 0.315 e. The third-order valence-electron chi connectivity index (χ3n) is 3.26. The lowest BCUT2D eigenvalue weighted by atomic mass is 9.86. The van der Waals surface area contributed by atoms with E-state index in [1.165, 1.54) is 0 Å². The number of carbonyl (C=O) groups excluding carboxylic acids is 1. The predicted octanol–water partition coefficient (Wildman–Crippen LogP) is 1.97. The molecule has 19 heavy (non-hydrogen) atoms. The van der Waals surface area contributed by atoms with Gasteiger partial charge in [0.1, 0.15) is 0 Å². The second kappa shape index (κ2) is 6.68. The molecular formula is C12H20F2N2O3. The number of hydrogen-bond acceptors (Lipinski definition) is 2. The molecule has 0 spiro atoms. The Labute approximate surface area is 110 Å². The van der Waals surface area contributed by atoms with E-state index in [2.05, 4.69) is 10.6 Å². The summed E-state index contributed by atoms with van der Waals surface area (Å²) in [5, 5.41) is 13.9. The molecule has 0 atom stereocenters. The molecule has 1 aliphatic rings. The first-order valence-corrected chi connectivity index (χ1v) is 6.43. The summed E-state index contributed by atoms with van der Waals surface area (Å²) in [7, 11) is 0. The molecule has 1 saturated carbocycles. The highest BCUT2D eigenvalue weighted by Crippen LogP contribution is 2.24. The molecule has 1 rings (SSSR count). The van der Waals surface area contributed by atoms with Crippen molar-refractivity contribution in [3.63, 3.8) is 0 Å². The van der Waals surface area contributed by atoms with Crippen LogP contribution in [-0.4, -0.2) is 35.6 Å². The lowest BCUT2D eigenvalue weighted by Crippen LogP contribution is -2.44. The second-order valence-electron chi connectivity index (χ2n) is 5.11. The van der Waals surface area contributed by atoms with Crippen molar-refractivity contribution in [3.8, 4) is 0 Å². The van der Waals surface area contributed by atoms with Crippen LogP contribution in [0.5, 0.6) is 0 Å². The Kier molecular flexibility index (Phi) is 5.50. The molecule has 7 heteroatoms. The van der Waals surface area contributed by atoms with Crippen molar-refractivity contribution in [1.82, 2.24) is 10.6 Å². The zero-order chi connectivity index (χ0) is 14.5. The third-order valence-corrected chi connectivity index (χ3v) is 3.26. The van der Waals surface area contributed by atoms with Gasteiger partial charge in [-0.15, -0.1) is 0 Å². The summed E-state index contributed by atoms with van der Waals surface area (Å²) < 4.78 is 25.0. The highest BCUT2D eigenvalue weighted by Gasteiger charge is 2.27. The quantitative estimate of drug-likeness (QED) is 0.719. The predicted molar refractivity (Wildman–Crippen MR) is 65.2 cm³/mol. The summed E-state index contributed by atoms with van der Waals surface area (Å²) in [5.41, 5.74) is 0. The van der Waals surface area contributed by atoms with E-state index in [1.807, 2.05) is 0 Å². The molecule has 0 radical (unpaired) electrons. The van der Waals surface area contributed by atoms with Crippen molar-refractivity contribution in [1.29, 1.82) is 0 Å². The van der Waals surface area contributed by atoms with Crippen LogP contribution in [0.15, 0.2) is 0 Å². The molecule has 0 aromatic rings. The molecule has 1 aliphatic carbocycles. The molecule has 0 aromatic carbocycles. The van der Waals surface area contributed by atoms with Gasteiger partial charge in [0, 0.05) is 19.0 Å². The van der Waals surface area contributed by atoms with Crippen molar-refractivity contribution >= 4 is 12.0 Å². The first kappa shape index (κ1) is 15.7. The third kappa shape index (κ3) is 6.35. The topological polar surface area (TPSA) is 78.4 Å². The Bertz CT molecular complexity index is 323. The standard InChI is InChI=1S/C12H20F2N2O3/c1-12(13,14)6-7-15-11(19)16-9-4-2-8(3-5-9)10(17)18/h8-9H,2-7H2,1H3,(H,17,18)(H2,15,16,19). The van der Waals surface area contributed by atoms with Gasteiger partial charge in [-0.3, -0.25) is 4.79 Å². The first-order valence-electron chi connectivity index (χ1n) is 6.43. The minimum absolute atomic E-state index is 0.0715. The normalized spacial score (nSPS) is 23.7. The smallest absolute Gasteiger partial charge is 0.315 e. The van der Waals surface area contributed by atoms with Gasteiger partial charge in [-0.05, 0) is 32.6 Å². The Morgan fingerprint density at radius 2 is 1.84 bits per heavy atom. The Morgan fingerprint density at radius 3 is 2.32 bits per heavy atom. The number of rotatable bonds is 5. The zero-order valence-electron chi connectivity index (χ0n) is 10.9. The summed E-state index contributed by atoms with van der Waals surface area (Å²) in [4.78, 5) is 22.2. The van der Waals surface area contributed by atoms with Crippen LogP contribution in [0.3, 0.4) is 0 Å². The summed E-state index contributed by atoms with van der Waals surface area (Å²) in [6, 6.07) is -0.541. The van der Waals surface area contributed by atoms with E-state index in [1.54, 1.807) is 0 Å². The van der Waals surface area contributed by atoms with Gasteiger partial charge in [-0.2, -0.15) is 0 Å². The van der Waals surface area contributed by atoms with Crippen LogP contribution in [0.2, 0.25) is 0 Å². The van der Waals surface area contributed by atoms with Crippen LogP contribution in [0.4, 0.5) is 13.6 Å². The van der Waals surface area contributed by atoms with Crippen molar-refractivity contribution < 1.29 is 23.5 Å². The largest absolute Gasteiger partial charge is 0.481 e. The molecule has 0 saturated heterocycles. The average Bonchev–Trinajstić information content (AvgIpc) is 2.27. The van der Waals surface area contributed by atoms with E-state index >= 15 is 0 Å². The highest BCUT2D eigenvalue weighted by atomic mass is 19.3. The Morgan fingerprint density at radius 1 is 1.26 bits per heavy atom. The molecule has 0 bridgehead atoms. The number of hydrogen-bond donors (Lipinski definition) is 3. The maximum atomic E-state index is 12.5. The summed E-state index contributed by atoms with van der Waals surface area (Å²) in [5.74, 6) is -3.92. The van der Waals surface area contributed by atoms with E-state index in [4.69, 9.17) is 5.11 Å². The van der Waals surface area contributed by atoms with Gasteiger partial charge in [-0.1, -0.05) is 0 Å². The molecule has 0 heterocycles. The molecule has 0 aromatic heterocycles. The molecule has 0 aliphatic heterocycles. The number of carboxylic acids is 1. The lowest BCUT2D eigenvalue weighted by Gasteiger charge is -2.26. The molecule has 0 unspecified atom stereocenters. The molecule has 2 amide bonds. The van der Waals surface area contributed by atoms with Gasteiger partial charge >= 0.3 is 12.0 Å². The van der Waals surface area contributed by atoms with E-state index in [-0.39, 0.29) is 18.5 Å². The minimum Gasteiger partial charge on any atom is -0.481 e. The number of nitrogens with one attached hydrogen (secondary N) is 2. The first-order chi connectivity index (χ1) is 8.78. The number of aliphatic carboxylic acids is 1. The molecule has 3 N–H and O–H groups in total. The fourth-order valence-corrected chi connectivity index (χ4v) is 2.12. The minimum atomic E-state index is -2.78. The van der Waals surface area contributed by atoms with Crippen molar-refractivity contribution in [2.45, 2.75) is 51.0 Å². The van der Waals surface area contributed by atoms with Crippen molar-refractivity contribution in [3.05, 3.63) is 0 Å². The number of carboxylic acid groups (broad SMARTS) is 1. The van der Waals surface area contributed by atoms with Crippen LogP contribution < -0.4 is 10.6 Å². The number of alkyl halides is 2. The molecule has 110 valence electrons. The van der Waals surface area contributed by atoms with E-state index in [9.17, 15) is 18.4 Å². The van der Waals surface area contributed by atoms with Gasteiger partial charge in [-0.25, -0.2) is 13.6 Å². The van der Waals surface area contributed by atoms with Crippen LogP contribution >= 0.6 is 0 Å². The van der Waals surface area contributed by atoms with E-state index in [0.29, 0.717) is 25.7 Å². The Hall–Kier alpha value is -1.40. The second-order valence-corrected chi connectivity index (χ2v) is 5.11. The van der Waals surface area contributed by atoms with Gasteiger partial charge in [0.2, 0.25) is 5.92 Å². The van der Waals surface area contributed by atoms with Gasteiger partial charge in [0.15, 0.2) is 0 Å². The van der Waals surface area contributed by atoms with Gasteiger partial charge in [0.25, 0.3) is 0 Å². The summed E-state index contributed by atoms with van der Waals surface area (Å²) in [6.07, 6.45) is 1.88. The Balaban J connectivity index is 2.18. The maximum absolute atomic E-state index is 12.5. The summed E-state index contributed by atoms with van der Waals surface area (Å²) in [6.45, 7) is 0.722. The SMILES string of the molecule is CC(F)(F)CCNC(=O)NC1CCC(C(=O)O)CC1. The molecule has 1 fully saturated rings. The molecular weight excluding hydrogens is 258 g/mol. The van der Waals surface area contributed by atoms with E-state index in [0.717, 1.165) is 6.92 Å².